The molecule has 0 unspecified atom stereocenters. The zero-order valence-corrected chi connectivity index (χ0v) is 13.1. The molecule has 1 aromatic carbocycles. The Hall–Kier alpha value is -1.20. The molecule has 0 amide bonds. The van der Waals surface area contributed by atoms with Gasteiger partial charge in [-0.3, -0.25) is 0 Å². The van der Waals surface area contributed by atoms with Crippen molar-refractivity contribution in [2.75, 3.05) is 6.54 Å². The fourth-order valence-corrected chi connectivity index (χ4v) is 2.88. The maximum Gasteiger partial charge on any atom is 0.227 e. The van der Waals surface area contributed by atoms with Crippen molar-refractivity contribution in [1.29, 1.82) is 0 Å². The minimum atomic E-state index is 0.618. The van der Waals surface area contributed by atoms with Gasteiger partial charge < -0.3 is 9.84 Å². The molecule has 0 radical (unpaired) electrons. The Kier molecular flexibility index (Phi) is 4.17. The predicted octanol–water partition coefficient (Wildman–Crippen LogP) is 3.22. The number of hydrogen-bond acceptors (Lipinski definition) is 4. The summed E-state index contributed by atoms with van der Waals surface area (Å²) in [6.45, 7) is 2.74. The van der Waals surface area contributed by atoms with E-state index in [0.717, 1.165) is 23.3 Å². The van der Waals surface area contributed by atoms with Crippen molar-refractivity contribution in [2.24, 2.45) is 0 Å². The second-order valence-corrected chi connectivity index (χ2v) is 6.27. The average molecular weight is 336 g/mol. The molecule has 1 aliphatic rings. The quantitative estimate of drug-likeness (QED) is 0.911. The van der Waals surface area contributed by atoms with E-state index in [1.807, 2.05) is 6.92 Å². The summed E-state index contributed by atoms with van der Waals surface area (Å²) in [4.78, 5) is 4.20. The zero-order chi connectivity index (χ0) is 13.9. The molecule has 0 bridgehead atoms. The highest BCUT2D eigenvalue weighted by molar-refractivity contribution is 9.10. The van der Waals surface area contributed by atoms with Crippen molar-refractivity contribution < 1.29 is 4.52 Å². The molecule has 1 saturated carbocycles. The highest BCUT2D eigenvalue weighted by Crippen LogP contribution is 2.37. The van der Waals surface area contributed by atoms with Crippen molar-refractivity contribution in [2.45, 2.75) is 38.1 Å². The van der Waals surface area contributed by atoms with Gasteiger partial charge in [0.1, 0.15) is 0 Å². The lowest BCUT2D eigenvalue weighted by Gasteiger charge is -2.36. The SMILES string of the molecule is Cc1noc(CCNC2CC(c3ccc(Br)cc3)C2)n1. The molecule has 2 aromatic rings. The van der Waals surface area contributed by atoms with E-state index in [9.17, 15) is 0 Å². The summed E-state index contributed by atoms with van der Waals surface area (Å²) >= 11 is 3.47. The van der Waals surface area contributed by atoms with E-state index in [0.29, 0.717) is 17.8 Å². The summed E-state index contributed by atoms with van der Waals surface area (Å²) in [5.74, 6) is 2.13. The predicted molar refractivity (Wildman–Crippen MR) is 80.6 cm³/mol. The lowest BCUT2D eigenvalue weighted by Crippen LogP contribution is -2.40. The van der Waals surface area contributed by atoms with Crippen LogP contribution in [-0.4, -0.2) is 22.7 Å². The number of rotatable bonds is 5. The van der Waals surface area contributed by atoms with Gasteiger partial charge in [-0.25, -0.2) is 0 Å². The normalized spacial score (nSPS) is 21.7. The molecule has 1 heterocycles. The van der Waals surface area contributed by atoms with Gasteiger partial charge in [0.25, 0.3) is 0 Å². The molecule has 3 rings (SSSR count). The van der Waals surface area contributed by atoms with Gasteiger partial charge in [-0.1, -0.05) is 33.2 Å². The number of benzene rings is 1. The van der Waals surface area contributed by atoms with Gasteiger partial charge in [-0.15, -0.1) is 0 Å². The molecule has 0 atom stereocenters. The van der Waals surface area contributed by atoms with E-state index in [1.165, 1.54) is 18.4 Å². The molecule has 0 saturated heterocycles. The van der Waals surface area contributed by atoms with E-state index < -0.39 is 0 Å². The summed E-state index contributed by atoms with van der Waals surface area (Å²) in [5, 5.41) is 7.34. The molecule has 0 spiro atoms. The van der Waals surface area contributed by atoms with Gasteiger partial charge >= 0.3 is 0 Å². The minimum Gasteiger partial charge on any atom is -0.339 e. The zero-order valence-electron chi connectivity index (χ0n) is 11.5. The topological polar surface area (TPSA) is 51.0 Å². The molecule has 5 heteroatoms. The monoisotopic (exact) mass is 335 g/mol. The number of halogens is 1. The minimum absolute atomic E-state index is 0.618. The third-order valence-corrected chi connectivity index (χ3v) is 4.35. The van der Waals surface area contributed by atoms with Crippen molar-refractivity contribution >= 4 is 15.9 Å². The summed E-state index contributed by atoms with van der Waals surface area (Å²) in [7, 11) is 0. The second-order valence-electron chi connectivity index (χ2n) is 5.36. The van der Waals surface area contributed by atoms with E-state index in [-0.39, 0.29) is 0 Å². The maximum absolute atomic E-state index is 5.09. The van der Waals surface area contributed by atoms with Crippen molar-refractivity contribution in [3.63, 3.8) is 0 Å². The Bertz CT molecular complexity index is 561. The first-order valence-electron chi connectivity index (χ1n) is 6.99. The van der Waals surface area contributed by atoms with Crippen LogP contribution in [0.3, 0.4) is 0 Å². The van der Waals surface area contributed by atoms with Crippen LogP contribution in [0.4, 0.5) is 0 Å². The summed E-state index contributed by atoms with van der Waals surface area (Å²) in [5.41, 5.74) is 1.44. The second kappa shape index (κ2) is 6.06. The highest BCUT2D eigenvalue weighted by Gasteiger charge is 2.29. The van der Waals surface area contributed by atoms with Crippen molar-refractivity contribution in [3.05, 3.63) is 46.0 Å². The van der Waals surface area contributed by atoms with Crippen LogP contribution in [0.2, 0.25) is 0 Å². The molecule has 106 valence electrons. The number of hydrogen-bond donors (Lipinski definition) is 1. The average Bonchev–Trinajstić information content (AvgIpc) is 2.80. The van der Waals surface area contributed by atoms with Gasteiger partial charge in [-0.2, -0.15) is 4.98 Å². The Morgan fingerprint density at radius 1 is 1.30 bits per heavy atom. The van der Waals surface area contributed by atoms with E-state index in [1.54, 1.807) is 0 Å². The van der Waals surface area contributed by atoms with Crippen molar-refractivity contribution in [3.8, 4) is 0 Å². The largest absolute Gasteiger partial charge is 0.339 e. The summed E-state index contributed by atoms with van der Waals surface area (Å²) < 4.78 is 6.24. The van der Waals surface area contributed by atoms with Crippen molar-refractivity contribution in [1.82, 2.24) is 15.5 Å². The molecular formula is C15H18BrN3O. The van der Waals surface area contributed by atoms with Crippen LogP contribution in [0.15, 0.2) is 33.3 Å². The van der Waals surface area contributed by atoms with Crippen LogP contribution in [0.1, 0.15) is 36.0 Å². The number of nitrogens with one attached hydrogen (secondary N) is 1. The molecule has 1 N–H and O–H groups in total. The van der Waals surface area contributed by atoms with Crippen LogP contribution in [-0.2, 0) is 6.42 Å². The fraction of sp³-hybridized carbons (Fsp3) is 0.467. The standard InChI is InChI=1S/C15H18BrN3O/c1-10-18-15(20-19-10)6-7-17-14-8-12(9-14)11-2-4-13(16)5-3-11/h2-5,12,14,17H,6-9H2,1H3. The lowest BCUT2D eigenvalue weighted by atomic mass is 9.76. The Labute approximate surface area is 127 Å². The Morgan fingerprint density at radius 3 is 2.70 bits per heavy atom. The van der Waals surface area contributed by atoms with Gasteiger partial charge in [0.2, 0.25) is 5.89 Å². The van der Waals surface area contributed by atoms with Crippen LogP contribution < -0.4 is 5.32 Å². The fourth-order valence-electron chi connectivity index (χ4n) is 2.62. The number of aryl methyl sites for hydroxylation is 1. The summed E-state index contributed by atoms with van der Waals surface area (Å²) in [6, 6.07) is 9.29. The smallest absolute Gasteiger partial charge is 0.227 e. The first-order chi connectivity index (χ1) is 9.70. The highest BCUT2D eigenvalue weighted by atomic mass is 79.9. The van der Waals surface area contributed by atoms with Crippen LogP contribution in [0, 0.1) is 6.92 Å². The number of aromatic nitrogens is 2. The molecule has 1 aliphatic carbocycles. The summed E-state index contributed by atoms with van der Waals surface area (Å²) in [6.07, 6.45) is 3.23. The lowest BCUT2D eigenvalue weighted by molar-refractivity contribution is 0.287. The van der Waals surface area contributed by atoms with Gasteiger partial charge in [-0.05, 0) is 43.4 Å². The van der Waals surface area contributed by atoms with Crippen LogP contribution in [0.5, 0.6) is 0 Å². The third-order valence-electron chi connectivity index (χ3n) is 3.82. The Balaban J connectivity index is 1.39. The van der Waals surface area contributed by atoms with Gasteiger partial charge in [0.15, 0.2) is 5.82 Å². The molecule has 4 nitrogen and oxygen atoms in total. The molecule has 1 aromatic heterocycles. The van der Waals surface area contributed by atoms with E-state index in [2.05, 4.69) is 55.7 Å². The van der Waals surface area contributed by atoms with E-state index in [4.69, 9.17) is 4.52 Å². The molecule has 1 fully saturated rings. The number of nitrogens with zero attached hydrogens (tertiary/aromatic N) is 2. The molecular weight excluding hydrogens is 318 g/mol. The van der Waals surface area contributed by atoms with Gasteiger partial charge in [0, 0.05) is 23.5 Å². The first kappa shape index (κ1) is 13.8. The Morgan fingerprint density at radius 2 is 2.05 bits per heavy atom. The van der Waals surface area contributed by atoms with Crippen LogP contribution >= 0.6 is 15.9 Å². The maximum atomic E-state index is 5.09. The first-order valence-corrected chi connectivity index (χ1v) is 7.78. The van der Waals surface area contributed by atoms with Crippen LogP contribution in [0.25, 0.3) is 0 Å². The van der Waals surface area contributed by atoms with E-state index >= 15 is 0 Å². The molecule has 20 heavy (non-hydrogen) atoms. The molecule has 0 aliphatic heterocycles. The third kappa shape index (κ3) is 3.27. The van der Waals surface area contributed by atoms with Gasteiger partial charge in [0.05, 0.1) is 0 Å².